The average molecular weight is 330 g/mol. The molecule has 1 aliphatic heterocycles. The maximum Gasteiger partial charge on any atom is 0.148 e. The van der Waals surface area contributed by atoms with Crippen molar-refractivity contribution in [2.24, 2.45) is 5.41 Å². The van der Waals surface area contributed by atoms with Gasteiger partial charge in [-0.05, 0) is 25.2 Å². The van der Waals surface area contributed by atoms with Gasteiger partial charge >= 0.3 is 0 Å². The van der Waals surface area contributed by atoms with Gasteiger partial charge in [-0.25, -0.2) is 13.4 Å². The van der Waals surface area contributed by atoms with Gasteiger partial charge < -0.3 is 4.74 Å². The number of morpholine rings is 1. The van der Waals surface area contributed by atoms with Crippen LogP contribution < -0.4 is 0 Å². The van der Waals surface area contributed by atoms with Crippen molar-refractivity contribution in [3.8, 4) is 0 Å². The molecule has 21 heavy (non-hydrogen) atoms. The van der Waals surface area contributed by atoms with E-state index < -0.39 is 9.84 Å². The first-order chi connectivity index (χ1) is 9.87. The van der Waals surface area contributed by atoms with Crippen molar-refractivity contribution in [2.45, 2.75) is 25.8 Å². The molecule has 1 aliphatic carbocycles. The number of thiazole rings is 1. The van der Waals surface area contributed by atoms with Gasteiger partial charge in [0.05, 0.1) is 25.0 Å². The van der Waals surface area contributed by atoms with Gasteiger partial charge in [0, 0.05) is 30.4 Å². The molecule has 1 unspecified atom stereocenters. The highest BCUT2D eigenvalue weighted by molar-refractivity contribution is 7.90. The highest BCUT2D eigenvalue weighted by atomic mass is 32.2. The Hall–Kier alpha value is -0.500. The third-order valence-electron chi connectivity index (χ3n) is 4.23. The lowest BCUT2D eigenvalue weighted by molar-refractivity contribution is -0.0162. The van der Waals surface area contributed by atoms with Gasteiger partial charge in [0.2, 0.25) is 0 Å². The Balaban J connectivity index is 1.73. The molecule has 2 aliphatic rings. The quantitative estimate of drug-likeness (QED) is 0.821. The second-order valence-corrected chi connectivity index (χ2v) is 9.49. The highest BCUT2D eigenvalue weighted by Gasteiger charge is 2.47. The van der Waals surface area contributed by atoms with E-state index in [1.807, 2.05) is 6.92 Å². The summed E-state index contributed by atoms with van der Waals surface area (Å²) in [6.07, 6.45) is 3.37. The van der Waals surface area contributed by atoms with Gasteiger partial charge in [0.25, 0.3) is 0 Å². The lowest BCUT2D eigenvalue weighted by Gasteiger charge is -2.36. The molecule has 1 saturated carbocycles. The number of sulfone groups is 1. The predicted molar refractivity (Wildman–Crippen MR) is 83.4 cm³/mol. The highest BCUT2D eigenvalue weighted by Crippen LogP contribution is 2.48. The Kier molecular flexibility index (Phi) is 4.11. The standard InChI is InChI=1S/C14H22N2O3S2/c1-11-8-20-13(15-11)12-7-19-6-5-16(12)9-14(3-4-14)10-21(2,17)18/h8,12H,3-7,9-10H2,1-2H3. The van der Waals surface area contributed by atoms with Crippen LogP contribution in [0.4, 0.5) is 0 Å². The fourth-order valence-electron chi connectivity index (χ4n) is 3.09. The van der Waals surface area contributed by atoms with Crippen LogP contribution in [0.1, 0.15) is 29.6 Å². The van der Waals surface area contributed by atoms with Gasteiger partial charge in [-0.1, -0.05) is 0 Å². The molecule has 5 nitrogen and oxygen atoms in total. The monoisotopic (exact) mass is 330 g/mol. The molecule has 1 atom stereocenters. The van der Waals surface area contributed by atoms with E-state index in [0.717, 1.165) is 43.2 Å². The zero-order chi connectivity index (χ0) is 15.1. The summed E-state index contributed by atoms with van der Waals surface area (Å²) in [5.74, 6) is 0.307. The average Bonchev–Trinajstić information content (AvgIpc) is 2.97. The van der Waals surface area contributed by atoms with Crippen molar-refractivity contribution >= 4 is 21.2 Å². The zero-order valence-electron chi connectivity index (χ0n) is 12.5. The molecule has 0 bridgehead atoms. The van der Waals surface area contributed by atoms with Crippen molar-refractivity contribution in [3.63, 3.8) is 0 Å². The molecular weight excluding hydrogens is 308 g/mol. The van der Waals surface area contributed by atoms with E-state index in [1.165, 1.54) is 6.26 Å². The molecule has 0 aromatic carbocycles. The third kappa shape index (κ3) is 3.83. The van der Waals surface area contributed by atoms with E-state index in [-0.39, 0.29) is 11.5 Å². The summed E-state index contributed by atoms with van der Waals surface area (Å²) in [6, 6.07) is 0.175. The second kappa shape index (κ2) is 5.61. The minimum Gasteiger partial charge on any atom is -0.378 e. The minimum atomic E-state index is -2.92. The molecule has 118 valence electrons. The van der Waals surface area contributed by atoms with Crippen LogP contribution >= 0.6 is 11.3 Å². The van der Waals surface area contributed by atoms with Crippen LogP contribution in [0.15, 0.2) is 5.38 Å². The first kappa shape index (κ1) is 15.4. The van der Waals surface area contributed by atoms with Gasteiger partial charge in [0.15, 0.2) is 0 Å². The molecule has 1 aromatic heterocycles. The number of nitrogens with zero attached hydrogens (tertiary/aromatic N) is 2. The predicted octanol–water partition coefficient (Wildman–Crippen LogP) is 1.65. The SMILES string of the molecule is Cc1csc(C2COCCN2CC2(CS(C)(=O)=O)CC2)n1. The Morgan fingerprint density at radius 1 is 1.52 bits per heavy atom. The summed E-state index contributed by atoms with van der Waals surface area (Å²) in [6.45, 7) is 5.07. The molecule has 2 heterocycles. The van der Waals surface area contributed by atoms with Gasteiger partial charge in [-0.15, -0.1) is 11.3 Å². The molecule has 1 saturated heterocycles. The number of aromatic nitrogens is 1. The van der Waals surface area contributed by atoms with Crippen molar-refractivity contribution < 1.29 is 13.2 Å². The molecule has 7 heteroatoms. The molecule has 1 aromatic rings. The van der Waals surface area contributed by atoms with Crippen LogP contribution in [-0.2, 0) is 14.6 Å². The largest absolute Gasteiger partial charge is 0.378 e. The third-order valence-corrected chi connectivity index (χ3v) is 6.43. The van der Waals surface area contributed by atoms with E-state index in [2.05, 4.69) is 15.3 Å². The van der Waals surface area contributed by atoms with Crippen molar-refractivity contribution in [3.05, 3.63) is 16.1 Å². The summed E-state index contributed by atoms with van der Waals surface area (Å²) in [5.41, 5.74) is 1.01. The van der Waals surface area contributed by atoms with E-state index >= 15 is 0 Å². The summed E-state index contributed by atoms with van der Waals surface area (Å²) in [5, 5.41) is 3.15. The molecule has 0 N–H and O–H groups in total. The van der Waals surface area contributed by atoms with Crippen LogP contribution in [-0.4, -0.2) is 56.6 Å². The fraction of sp³-hybridized carbons (Fsp3) is 0.786. The van der Waals surface area contributed by atoms with Crippen LogP contribution in [0.25, 0.3) is 0 Å². The first-order valence-electron chi connectivity index (χ1n) is 7.29. The topological polar surface area (TPSA) is 59.5 Å². The van der Waals surface area contributed by atoms with Crippen LogP contribution in [0, 0.1) is 12.3 Å². The fourth-order valence-corrected chi connectivity index (χ4v) is 5.50. The zero-order valence-corrected chi connectivity index (χ0v) is 14.2. The van der Waals surface area contributed by atoms with Gasteiger partial charge in [0.1, 0.15) is 14.8 Å². The van der Waals surface area contributed by atoms with Crippen LogP contribution in [0.5, 0.6) is 0 Å². The molecule has 2 fully saturated rings. The van der Waals surface area contributed by atoms with Crippen LogP contribution in [0.3, 0.4) is 0 Å². The summed E-state index contributed by atoms with van der Waals surface area (Å²) in [7, 11) is -2.92. The number of ether oxygens (including phenoxy) is 1. The second-order valence-electron chi connectivity index (χ2n) is 6.46. The molecule has 3 rings (SSSR count). The normalized spacial score (nSPS) is 25.9. The van der Waals surface area contributed by atoms with Gasteiger partial charge in [-0.2, -0.15) is 0 Å². The Bertz CT molecular complexity index is 607. The minimum absolute atomic E-state index is 0.0323. The Labute approximate surface area is 130 Å². The summed E-state index contributed by atoms with van der Waals surface area (Å²) >= 11 is 1.67. The summed E-state index contributed by atoms with van der Waals surface area (Å²) in [4.78, 5) is 6.96. The van der Waals surface area contributed by atoms with Gasteiger partial charge in [-0.3, -0.25) is 4.90 Å². The van der Waals surface area contributed by atoms with E-state index in [1.54, 1.807) is 11.3 Å². The maximum absolute atomic E-state index is 11.6. The Morgan fingerprint density at radius 2 is 2.29 bits per heavy atom. The number of hydrogen-bond acceptors (Lipinski definition) is 6. The number of hydrogen-bond donors (Lipinski definition) is 0. The first-order valence-corrected chi connectivity index (χ1v) is 10.2. The van der Waals surface area contributed by atoms with Crippen molar-refractivity contribution in [1.29, 1.82) is 0 Å². The van der Waals surface area contributed by atoms with Crippen molar-refractivity contribution in [1.82, 2.24) is 9.88 Å². The lowest BCUT2D eigenvalue weighted by Crippen LogP contribution is -2.43. The molecular formula is C14H22N2O3S2. The van der Waals surface area contributed by atoms with E-state index in [9.17, 15) is 8.42 Å². The maximum atomic E-state index is 11.6. The number of aryl methyl sites for hydroxylation is 1. The van der Waals surface area contributed by atoms with E-state index in [4.69, 9.17) is 4.74 Å². The molecule has 0 spiro atoms. The smallest absolute Gasteiger partial charge is 0.148 e. The Morgan fingerprint density at radius 3 is 2.86 bits per heavy atom. The molecule has 0 amide bonds. The summed E-state index contributed by atoms with van der Waals surface area (Å²) < 4.78 is 28.9. The van der Waals surface area contributed by atoms with Crippen molar-refractivity contribution in [2.75, 3.05) is 38.3 Å². The van der Waals surface area contributed by atoms with E-state index in [0.29, 0.717) is 12.4 Å². The molecule has 0 radical (unpaired) electrons. The number of rotatable bonds is 5. The lowest BCUT2D eigenvalue weighted by atomic mass is 10.1. The van der Waals surface area contributed by atoms with Crippen LogP contribution in [0.2, 0.25) is 0 Å².